The maximum absolute atomic E-state index is 5.46. The number of nitrogens with two attached hydrogens (primary N) is 1. The number of rotatable bonds is 2. The van der Waals surface area contributed by atoms with Crippen LogP contribution in [0.25, 0.3) is 0 Å². The molecule has 5 heteroatoms. The third-order valence-electron chi connectivity index (χ3n) is 2.24. The molecule has 2 heterocycles. The van der Waals surface area contributed by atoms with Gasteiger partial charge in [-0.2, -0.15) is 4.98 Å². The van der Waals surface area contributed by atoms with Gasteiger partial charge in [0.2, 0.25) is 0 Å². The van der Waals surface area contributed by atoms with Gasteiger partial charge < -0.3 is 19.8 Å². The molecular formula is C9H15N3O2. The number of oxazole rings is 1. The number of aromatic nitrogens is 1. The maximum Gasteiger partial charge on any atom is 0.297 e. The second-order valence-electron chi connectivity index (χ2n) is 3.28. The van der Waals surface area contributed by atoms with E-state index in [1.807, 2.05) is 0 Å². The van der Waals surface area contributed by atoms with Crippen molar-refractivity contribution in [1.82, 2.24) is 4.98 Å². The largest absolute Gasteiger partial charge is 0.432 e. The number of hydrogen-bond donors (Lipinski definition) is 1. The van der Waals surface area contributed by atoms with Gasteiger partial charge in [-0.05, 0) is 6.42 Å². The van der Waals surface area contributed by atoms with Crippen molar-refractivity contribution in [2.24, 2.45) is 5.73 Å². The number of anilines is 1. The minimum absolute atomic E-state index is 0.424. The molecule has 1 aromatic rings. The first-order valence-electron chi connectivity index (χ1n) is 4.87. The van der Waals surface area contributed by atoms with Crippen LogP contribution in [-0.2, 0) is 11.3 Å². The summed E-state index contributed by atoms with van der Waals surface area (Å²) < 4.78 is 10.7. The van der Waals surface area contributed by atoms with Gasteiger partial charge in [-0.25, -0.2) is 0 Å². The Hall–Kier alpha value is -1.07. The lowest BCUT2D eigenvalue weighted by molar-refractivity contribution is 0.152. The highest BCUT2D eigenvalue weighted by atomic mass is 16.5. The second-order valence-corrected chi connectivity index (χ2v) is 3.28. The summed E-state index contributed by atoms with van der Waals surface area (Å²) in [5.41, 5.74) is 6.25. The van der Waals surface area contributed by atoms with Crippen LogP contribution >= 0.6 is 0 Å². The van der Waals surface area contributed by atoms with Crippen molar-refractivity contribution >= 4 is 6.01 Å². The van der Waals surface area contributed by atoms with E-state index in [1.165, 1.54) is 0 Å². The zero-order chi connectivity index (χ0) is 9.80. The molecule has 0 spiro atoms. The zero-order valence-electron chi connectivity index (χ0n) is 8.11. The molecule has 0 aliphatic carbocycles. The van der Waals surface area contributed by atoms with Crippen molar-refractivity contribution < 1.29 is 9.15 Å². The molecular weight excluding hydrogens is 182 g/mol. The average molecular weight is 197 g/mol. The molecule has 0 amide bonds. The highest BCUT2D eigenvalue weighted by molar-refractivity contribution is 5.26. The zero-order valence-corrected chi connectivity index (χ0v) is 8.11. The molecule has 14 heavy (non-hydrogen) atoms. The highest BCUT2D eigenvalue weighted by Gasteiger charge is 2.14. The summed E-state index contributed by atoms with van der Waals surface area (Å²) in [6, 6.07) is 0.663. The van der Waals surface area contributed by atoms with Crippen LogP contribution in [0.1, 0.15) is 12.1 Å². The van der Waals surface area contributed by atoms with Crippen molar-refractivity contribution in [2.75, 3.05) is 31.2 Å². The van der Waals surface area contributed by atoms with Gasteiger partial charge in [-0.1, -0.05) is 0 Å². The van der Waals surface area contributed by atoms with Crippen LogP contribution in [-0.4, -0.2) is 31.3 Å². The molecule has 78 valence electrons. The van der Waals surface area contributed by atoms with E-state index in [9.17, 15) is 0 Å². The maximum atomic E-state index is 5.46. The quantitative estimate of drug-likeness (QED) is 0.741. The van der Waals surface area contributed by atoms with Crippen LogP contribution < -0.4 is 10.6 Å². The van der Waals surface area contributed by atoms with Gasteiger partial charge in [0.1, 0.15) is 6.26 Å². The van der Waals surface area contributed by atoms with Crippen LogP contribution in [0.3, 0.4) is 0 Å². The molecule has 1 aliphatic heterocycles. The Balaban J connectivity index is 2.04. The van der Waals surface area contributed by atoms with E-state index in [0.717, 1.165) is 38.4 Å². The van der Waals surface area contributed by atoms with Crippen LogP contribution in [0.4, 0.5) is 6.01 Å². The minimum Gasteiger partial charge on any atom is -0.432 e. The summed E-state index contributed by atoms with van der Waals surface area (Å²) in [6.45, 7) is 3.75. The Kier molecular flexibility index (Phi) is 3.00. The Bertz CT molecular complexity index is 279. The van der Waals surface area contributed by atoms with Gasteiger partial charge in [0, 0.05) is 26.2 Å². The molecule has 0 aromatic carbocycles. The van der Waals surface area contributed by atoms with Gasteiger partial charge in [0.15, 0.2) is 0 Å². The molecule has 0 radical (unpaired) electrons. The number of hydrogen-bond acceptors (Lipinski definition) is 5. The molecule has 1 aromatic heterocycles. The summed E-state index contributed by atoms with van der Waals surface area (Å²) in [5, 5.41) is 0. The normalized spacial score (nSPS) is 18.2. The number of ether oxygens (including phenoxy) is 1. The fourth-order valence-corrected chi connectivity index (χ4v) is 1.47. The van der Waals surface area contributed by atoms with E-state index in [2.05, 4.69) is 9.88 Å². The molecule has 2 rings (SSSR count). The van der Waals surface area contributed by atoms with Crippen molar-refractivity contribution in [3.63, 3.8) is 0 Å². The first-order chi connectivity index (χ1) is 6.90. The third-order valence-corrected chi connectivity index (χ3v) is 2.24. The standard InChI is InChI=1S/C9H15N3O2/c10-6-8-7-14-9(11-8)12-2-1-4-13-5-3-12/h7H,1-6,10H2. The molecule has 1 saturated heterocycles. The van der Waals surface area contributed by atoms with Crippen LogP contribution in [0.5, 0.6) is 0 Å². The molecule has 2 N–H and O–H groups in total. The molecule has 0 saturated carbocycles. The van der Waals surface area contributed by atoms with E-state index >= 15 is 0 Å². The molecule has 0 atom stereocenters. The molecule has 0 unspecified atom stereocenters. The fraction of sp³-hybridized carbons (Fsp3) is 0.667. The van der Waals surface area contributed by atoms with E-state index in [-0.39, 0.29) is 0 Å². The first kappa shape index (κ1) is 9.48. The summed E-state index contributed by atoms with van der Waals surface area (Å²) in [5.74, 6) is 0. The minimum atomic E-state index is 0.424. The smallest absolute Gasteiger partial charge is 0.297 e. The lowest BCUT2D eigenvalue weighted by Gasteiger charge is -2.16. The summed E-state index contributed by atoms with van der Waals surface area (Å²) in [6.07, 6.45) is 2.63. The highest BCUT2D eigenvalue weighted by Crippen LogP contribution is 2.14. The second kappa shape index (κ2) is 4.43. The Morgan fingerprint density at radius 1 is 1.43 bits per heavy atom. The van der Waals surface area contributed by atoms with E-state index in [4.69, 9.17) is 14.9 Å². The molecule has 0 bridgehead atoms. The van der Waals surface area contributed by atoms with Gasteiger partial charge in [0.25, 0.3) is 6.01 Å². The Morgan fingerprint density at radius 3 is 3.14 bits per heavy atom. The Labute approximate surface area is 82.8 Å². The Morgan fingerprint density at radius 2 is 2.36 bits per heavy atom. The van der Waals surface area contributed by atoms with E-state index in [0.29, 0.717) is 12.6 Å². The molecule has 1 aliphatic rings. The molecule has 5 nitrogen and oxygen atoms in total. The third kappa shape index (κ3) is 2.05. The van der Waals surface area contributed by atoms with Gasteiger partial charge in [0.05, 0.1) is 12.3 Å². The topological polar surface area (TPSA) is 64.5 Å². The van der Waals surface area contributed by atoms with Crippen molar-refractivity contribution in [2.45, 2.75) is 13.0 Å². The predicted molar refractivity (Wildman–Crippen MR) is 52.0 cm³/mol. The SMILES string of the molecule is NCc1coc(N2CCCOCC2)n1. The first-order valence-corrected chi connectivity index (χ1v) is 4.87. The molecule has 1 fully saturated rings. The lowest BCUT2D eigenvalue weighted by atomic mass is 10.4. The van der Waals surface area contributed by atoms with E-state index in [1.54, 1.807) is 6.26 Å². The van der Waals surface area contributed by atoms with Crippen LogP contribution in [0.2, 0.25) is 0 Å². The number of nitrogens with zero attached hydrogens (tertiary/aromatic N) is 2. The fourth-order valence-electron chi connectivity index (χ4n) is 1.47. The van der Waals surface area contributed by atoms with Crippen molar-refractivity contribution in [3.05, 3.63) is 12.0 Å². The van der Waals surface area contributed by atoms with E-state index < -0.39 is 0 Å². The van der Waals surface area contributed by atoms with Gasteiger partial charge in [-0.3, -0.25) is 0 Å². The lowest BCUT2D eigenvalue weighted by Crippen LogP contribution is -2.26. The summed E-state index contributed by atoms with van der Waals surface area (Å²) >= 11 is 0. The van der Waals surface area contributed by atoms with Crippen LogP contribution in [0, 0.1) is 0 Å². The van der Waals surface area contributed by atoms with Crippen LogP contribution in [0.15, 0.2) is 10.7 Å². The summed E-state index contributed by atoms with van der Waals surface area (Å²) in [7, 11) is 0. The average Bonchev–Trinajstić information content (AvgIpc) is 2.53. The van der Waals surface area contributed by atoms with Gasteiger partial charge >= 0.3 is 0 Å². The summed E-state index contributed by atoms with van der Waals surface area (Å²) in [4.78, 5) is 6.36. The van der Waals surface area contributed by atoms with Crippen molar-refractivity contribution in [3.8, 4) is 0 Å². The van der Waals surface area contributed by atoms with Gasteiger partial charge in [-0.15, -0.1) is 0 Å². The monoisotopic (exact) mass is 197 g/mol. The van der Waals surface area contributed by atoms with Crippen molar-refractivity contribution in [1.29, 1.82) is 0 Å². The predicted octanol–water partition coefficient (Wildman–Crippen LogP) is 0.360.